The largest absolute Gasteiger partial charge is 0.350 e. The first kappa shape index (κ1) is 26.1. The summed E-state index contributed by atoms with van der Waals surface area (Å²) in [6.45, 7) is 0.298. The predicted molar refractivity (Wildman–Crippen MR) is 147 cm³/mol. The molecule has 0 spiro atoms. The van der Waals surface area contributed by atoms with E-state index in [0.29, 0.717) is 29.8 Å². The third-order valence-corrected chi connectivity index (χ3v) is 5.99. The zero-order valence-corrected chi connectivity index (χ0v) is 20.5. The summed E-state index contributed by atoms with van der Waals surface area (Å²) in [5, 5.41) is 11.7. The SMILES string of the molecule is O=CN(c1ccc(-c2ccccc2)cc1)C(C(=O)NCc1ccccc1)c1cccc(/C=C/C(=O)NO)c1. The minimum absolute atomic E-state index is 0.298. The van der Waals surface area contributed by atoms with Crippen LogP contribution in [0.3, 0.4) is 0 Å². The van der Waals surface area contributed by atoms with Crippen LogP contribution in [0.1, 0.15) is 22.7 Å². The van der Waals surface area contributed by atoms with Crippen molar-refractivity contribution in [1.82, 2.24) is 10.8 Å². The van der Waals surface area contributed by atoms with Gasteiger partial charge >= 0.3 is 0 Å². The average molecular weight is 506 g/mol. The van der Waals surface area contributed by atoms with Crippen LogP contribution in [0.5, 0.6) is 0 Å². The van der Waals surface area contributed by atoms with Gasteiger partial charge in [-0.2, -0.15) is 0 Å². The fourth-order valence-electron chi connectivity index (χ4n) is 4.09. The second-order valence-electron chi connectivity index (χ2n) is 8.51. The lowest BCUT2D eigenvalue weighted by Gasteiger charge is -2.28. The molecule has 0 aliphatic carbocycles. The van der Waals surface area contributed by atoms with E-state index >= 15 is 0 Å². The maximum Gasteiger partial charge on any atom is 0.267 e. The standard InChI is InChI=1S/C31H27N3O4/c35-22-34(28-17-15-26(16-18-28)25-11-5-2-6-12-25)30(31(37)32-21-24-8-3-1-4-9-24)27-13-7-10-23(20-27)14-19-29(36)33-38/h1-20,22,30,38H,21H2,(H,32,37)(H,33,36)/b19-14+. The Kier molecular flexibility index (Phi) is 8.78. The maximum absolute atomic E-state index is 13.6. The van der Waals surface area contributed by atoms with Gasteiger partial charge in [0, 0.05) is 18.3 Å². The first-order valence-electron chi connectivity index (χ1n) is 12.0. The van der Waals surface area contributed by atoms with Gasteiger partial charge in [-0.25, -0.2) is 5.48 Å². The van der Waals surface area contributed by atoms with E-state index in [1.54, 1.807) is 29.7 Å². The third kappa shape index (κ3) is 6.60. The van der Waals surface area contributed by atoms with Crippen LogP contribution in [0.2, 0.25) is 0 Å². The smallest absolute Gasteiger partial charge is 0.267 e. The van der Waals surface area contributed by atoms with E-state index in [4.69, 9.17) is 5.21 Å². The second-order valence-corrected chi connectivity index (χ2v) is 8.51. The Hall–Kier alpha value is -5.01. The Balaban J connectivity index is 1.67. The van der Waals surface area contributed by atoms with Crippen molar-refractivity contribution in [2.45, 2.75) is 12.6 Å². The molecular formula is C31H27N3O4. The van der Waals surface area contributed by atoms with Gasteiger partial charge in [0.15, 0.2) is 0 Å². The molecule has 0 aliphatic heterocycles. The number of benzene rings is 4. The van der Waals surface area contributed by atoms with Gasteiger partial charge in [0.1, 0.15) is 6.04 Å². The molecule has 3 N–H and O–H groups in total. The average Bonchev–Trinajstić information content (AvgIpc) is 2.98. The van der Waals surface area contributed by atoms with E-state index in [-0.39, 0.29) is 5.91 Å². The number of hydrogen-bond acceptors (Lipinski definition) is 4. The summed E-state index contributed by atoms with van der Waals surface area (Å²) < 4.78 is 0. The molecule has 4 aromatic rings. The van der Waals surface area contributed by atoms with E-state index < -0.39 is 11.9 Å². The number of amides is 3. The van der Waals surface area contributed by atoms with Crippen molar-refractivity contribution >= 4 is 30.0 Å². The molecule has 0 fully saturated rings. The number of hydroxylamine groups is 1. The van der Waals surface area contributed by atoms with Crippen LogP contribution in [0, 0.1) is 0 Å². The van der Waals surface area contributed by atoms with Gasteiger partial charge < -0.3 is 5.32 Å². The molecule has 0 aliphatic rings. The van der Waals surface area contributed by atoms with Crippen LogP contribution in [0.4, 0.5) is 5.69 Å². The van der Waals surface area contributed by atoms with Crippen molar-refractivity contribution in [3.05, 3.63) is 132 Å². The first-order chi connectivity index (χ1) is 18.6. The molecule has 3 amide bonds. The maximum atomic E-state index is 13.6. The highest BCUT2D eigenvalue weighted by Gasteiger charge is 2.28. The Labute approximate surface area is 221 Å². The van der Waals surface area contributed by atoms with Gasteiger partial charge in [-0.15, -0.1) is 0 Å². The number of carbonyl (C=O) groups excluding carboxylic acids is 3. The summed E-state index contributed by atoms with van der Waals surface area (Å²) in [4.78, 5) is 38.8. The van der Waals surface area contributed by atoms with Crippen LogP contribution in [0.15, 0.2) is 115 Å². The van der Waals surface area contributed by atoms with Crippen molar-refractivity contribution in [2.75, 3.05) is 4.90 Å². The van der Waals surface area contributed by atoms with E-state index in [2.05, 4.69) is 5.32 Å². The summed E-state index contributed by atoms with van der Waals surface area (Å²) >= 11 is 0. The van der Waals surface area contributed by atoms with Gasteiger partial charge in [-0.1, -0.05) is 91.0 Å². The second kappa shape index (κ2) is 12.8. The molecule has 0 aromatic heterocycles. The van der Waals surface area contributed by atoms with Crippen molar-refractivity contribution in [3.63, 3.8) is 0 Å². The zero-order chi connectivity index (χ0) is 26.7. The Morgan fingerprint density at radius 3 is 2.13 bits per heavy atom. The van der Waals surface area contributed by atoms with E-state index in [0.717, 1.165) is 16.7 Å². The molecule has 1 atom stereocenters. The summed E-state index contributed by atoms with van der Waals surface area (Å²) in [7, 11) is 0. The lowest BCUT2D eigenvalue weighted by Crippen LogP contribution is -2.40. The lowest BCUT2D eigenvalue weighted by atomic mass is 10.00. The molecule has 7 heteroatoms. The molecule has 38 heavy (non-hydrogen) atoms. The lowest BCUT2D eigenvalue weighted by molar-refractivity contribution is -0.124. The molecule has 4 rings (SSSR count). The topological polar surface area (TPSA) is 98.7 Å². The number of nitrogens with zero attached hydrogens (tertiary/aromatic N) is 1. The number of hydrogen-bond donors (Lipinski definition) is 3. The van der Waals surface area contributed by atoms with Gasteiger partial charge in [0.25, 0.3) is 5.91 Å². The minimum Gasteiger partial charge on any atom is -0.350 e. The van der Waals surface area contributed by atoms with Gasteiger partial charge in [-0.3, -0.25) is 24.5 Å². The number of carbonyl (C=O) groups is 3. The number of nitrogens with one attached hydrogen (secondary N) is 2. The highest BCUT2D eigenvalue weighted by molar-refractivity contribution is 5.94. The van der Waals surface area contributed by atoms with Crippen molar-refractivity contribution < 1.29 is 19.6 Å². The quantitative estimate of drug-likeness (QED) is 0.124. The summed E-state index contributed by atoms with van der Waals surface area (Å²) in [6, 6.07) is 32.8. The fourth-order valence-corrected chi connectivity index (χ4v) is 4.09. The number of anilines is 1. The fraction of sp³-hybridized carbons (Fsp3) is 0.0645. The monoisotopic (exact) mass is 505 g/mol. The van der Waals surface area contributed by atoms with E-state index in [9.17, 15) is 14.4 Å². The Morgan fingerprint density at radius 2 is 1.47 bits per heavy atom. The first-order valence-corrected chi connectivity index (χ1v) is 12.0. The van der Waals surface area contributed by atoms with Crippen LogP contribution >= 0.6 is 0 Å². The third-order valence-electron chi connectivity index (χ3n) is 5.99. The van der Waals surface area contributed by atoms with Crippen molar-refractivity contribution in [3.8, 4) is 11.1 Å². The Morgan fingerprint density at radius 1 is 0.816 bits per heavy atom. The van der Waals surface area contributed by atoms with Crippen LogP contribution in [-0.2, 0) is 20.9 Å². The Bertz CT molecular complexity index is 1400. The van der Waals surface area contributed by atoms with Gasteiger partial charge in [0.05, 0.1) is 0 Å². The molecule has 1 unspecified atom stereocenters. The summed E-state index contributed by atoms with van der Waals surface area (Å²) in [5.41, 5.74) is 6.23. The van der Waals surface area contributed by atoms with E-state index in [1.165, 1.54) is 17.1 Å². The van der Waals surface area contributed by atoms with Crippen LogP contribution in [0.25, 0.3) is 17.2 Å². The van der Waals surface area contributed by atoms with Crippen molar-refractivity contribution in [2.24, 2.45) is 0 Å². The predicted octanol–water partition coefficient (Wildman–Crippen LogP) is 4.89. The highest BCUT2D eigenvalue weighted by atomic mass is 16.5. The van der Waals surface area contributed by atoms with E-state index in [1.807, 2.05) is 84.9 Å². The van der Waals surface area contributed by atoms with Gasteiger partial charge in [0.2, 0.25) is 12.3 Å². The van der Waals surface area contributed by atoms with Crippen molar-refractivity contribution in [1.29, 1.82) is 0 Å². The minimum atomic E-state index is -0.973. The van der Waals surface area contributed by atoms with Gasteiger partial charge in [-0.05, 0) is 52.1 Å². The molecule has 0 heterocycles. The summed E-state index contributed by atoms with van der Waals surface area (Å²) in [5.74, 6) is -1.04. The molecule has 0 saturated heterocycles. The highest BCUT2D eigenvalue weighted by Crippen LogP contribution is 2.29. The molecule has 0 bridgehead atoms. The zero-order valence-electron chi connectivity index (χ0n) is 20.5. The molecule has 0 radical (unpaired) electrons. The molecule has 7 nitrogen and oxygen atoms in total. The molecule has 190 valence electrons. The molecule has 0 saturated carbocycles. The molecular weight excluding hydrogens is 478 g/mol. The number of rotatable bonds is 10. The molecule has 4 aromatic carbocycles. The normalized spacial score (nSPS) is 11.5. The van der Waals surface area contributed by atoms with Crippen LogP contribution < -0.4 is 15.7 Å². The van der Waals surface area contributed by atoms with Crippen LogP contribution in [-0.4, -0.2) is 23.4 Å². The summed E-state index contributed by atoms with van der Waals surface area (Å²) in [6.07, 6.45) is 3.32.